The van der Waals surface area contributed by atoms with Crippen LogP contribution in [0.3, 0.4) is 0 Å². The molecule has 0 aromatic heterocycles. The lowest BCUT2D eigenvalue weighted by atomic mass is 9.58. The summed E-state index contributed by atoms with van der Waals surface area (Å²) >= 11 is 0. The normalized spacial score (nSPS) is 24.7. The van der Waals surface area contributed by atoms with Gasteiger partial charge in [0, 0.05) is 0 Å². The van der Waals surface area contributed by atoms with Gasteiger partial charge < -0.3 is 0 Å². The van der Waals surface area contributed by atoms with Crippen LogP contribution < -0.4 is 0 Å². The Bertz CT molecular complexity index is 402. The van der Waals surface area contributed by atoms with E-state index in [1.165, 1.54) is 109 Å². The Morgan fingerprint density at radius 2 is 1.17 bits per heavy atom. The van der Waals surface area contributed by atoms with Crippen LogP contribution in [0.5, 0.6) is 0 Å². The summed E-state index contributed by atoms with van der Waals surface area (Å²) in [4.78, 5) is 0. The fourth-order valence-electron chi connectivity index (χ4n) is 6.29. The van der Waals surface area contributed by atoms with Gasteiger partial charge in [-0.05, 0) is 61.2 Å². The van der Waals surface area contributed by atoms with E-state index in [2.05, 4.69) is 53.7 Å². The minimum absolute atomic E-state index is 0.487. The second kappa shape index (κ2) is 16.4. The first kappa shape index (κ1) is 27.8. The van der Waals surface area contributed by atoms with E-state index < -0.39 is 0 Å². The summed E-state index contributed by atoms with van der Waals surface area (Å²) < 4.78 is 0. The fraction of sp³-hybridized carbons (Fsp3) is 0.933. The topological polar surface area (TPSA) is 0 Å². The predicted octanol–water partition coefficient (Wildman–Crippen LogP) is 10.8. The highest BCUT2D eigenvalue weighted by atomic mass is 14.5. The Morgan fingerprint density at radius 1 is 0.700 bits per heavy atom. The zero-order valence-corrected chi connectivity index (χ0v) is 22.0. The van der Waals surface area contributed by atoms with Crippen LogP contribution in [0.25, 0.3) is 0 Å². The van der Waals surface area contributed by atoms with Gasteiger partial charge in [-0.15, -0.1) is 0 Å². The minimum Gasteiger partial charge on any atom is -0.0880 e. The molecule has 1 aliphatic rings. The third-order valence-corrected chi connectivity index (χ3v) is 8.53. The molecule has 0 N–H and O–H groups in total. The average Bonchev–Trinajstić information content (AvgIpc) is 2.78. The van der Waals surface area contributed by atoms with Gasteiger partial charge in [-0.25, -0.2) is 0 Å². The quantitative estimate of drug-likeness (QED) is 0.194. The predicted molar refractivity (Wildman–Crippen MR) is 138 cm³/mol. The largest absolute Gasteiger partial charge is 0.0880 e. The highest BCUT2D eigenvalue weighted by Crippen LogP contribution is 2.51. The molecule has 0 bridgehead atoms. The van der Waals surface area contributed by atoms with Gasteiger partial charge >= 0.3 is 0 Å². The van der Waals surface area contributed by atoms with Crippen LogP contribution in [0.4, 0.5) is 0 Å². The van der Waals surface area contributed by atoms with E-state index in [4.69, 9.17) is 0 Å². The summed E-state index contributed by atoms with van der Waals surface area (Å²) in [5.41, 5.74) is 0.487. The highest BCUT2D eigenvalue weighted by Gasteiger charge is 2.41. The molecule has 0 aliphatic heterocycles. The monoisotopic (exact) mass is 418 g/mol. The van der Waals surface area contributed by atoms with Crippen molar-refractivity contribution < 1.29 is 0 Å². The first-order chi connectivity index (χ1) is 14.6. The van der Waals surface area contributed by atoms with Crippen molar-refractivity contribution in [2.75, 3.05) is 0 Å². The van der Waals surface area contributed by atoms with E-state index in [1.54, 1.807) is 0 Å². The summed E-state index contributed by atoms with van der Waals surface area (Å²) in [5, 5.41) is 0. The zero-order valence-electron chi connectivity index (χ0n) is 22.0. The van der Waals surface area contributed by atoms with E-state index in [0.29, 0.717) is 5.41 Å². The smallest absolute Gasteiger partial charge is 0.00845 e. The van der Waals surface area contributed by atoms with E-state index in [1.807, 2.05) is 0 Å². The summed E-state index contributed by atoms with van der Waals surface area (Å²) in [7, 11) is 0. The Morgan fingerprint density at radius 3 is 1.60 bits per heavy atom. The van der Waals surface area contributed by atoms with Crippen molar-refractivity contribution in [2.45, 2.75) is 151 Å². The molecule has 0 aromatic carbocycles. The second-order valence-electron chi connectivity index (χ2n) is 10.8. The summed E-state index contributed by atoms with van der Waals surface area (Å²) in [6, 6.07) is 0. The summed E-state index contributed by atoms with van der Waals surface area (Å²) in [6.45, 7) is 14.5. The zero-order chi connectivity index (χ0) is 22.2. The van der Waals surface area contributed by atoms with Crippen molar-refractivity contribution in [3.63, 3.8) is 0 Å². The average molecular weight is 419 g/mol. The van der Waals surface area contributed by atoms with Crippen molar-refractivity contribution in [1.82, 2.24) is 0 Å². The molecule has 4 atom stereocenters. The van der Waals surface area contributed by atoms with Gasteiger partial charge in [-0.2, -0.15) is 0 Å². The van der Waals surface area contributed by atoms with Crippen molar-refractivity contribution >= 4 is 0 Å². The van der Waals surface area contributed by atoms with Crippen molar-refractivity contribution in [3.05, 3.63) is 12.2 Å². The van der Waals surface area contributed by atoms with Crippen LogP contribution in [-0.4, -0.2) is 0 Å². The van der Waals surface area contributed by atoms with Crippen LogP contribution in [-0.2, 0) is 0 Å². The first-order valence-corrected chi connectivity index (χ1v) is 14.3. The van der Waals surface area contributed by atoms with Crippen LogP contribution in [0.15, 0.2) is 12.2 Å². The number of hydrogen-bond donors (Lipinski definition) is 0. The fourth-order valence-corrected chi connectivity index (χ4v) is 6.29. The lowest BCUT2D eigenvalue weighted by Crippen LogP contribution is -2.36. The van der Waals surface area contributed by atoms with E-state index in [-0.39, 0.29) is 0 Å². The molecule has 0 radical (unpaired) electrons. The minimum atomic E-state index is 0.487. The molecule has 4 unspecified atom stereocenters. The molecule has 0 heteroatoms. The van der Waals surface area contributed by atoms with Crippen LogP contribution in [0.1, 0.15) is 151 Å². The second-order valence-corrected chi connectivity index (χ2v) is 10.8. The molecule has 0 spiro atoms. The molecule has 1 rings (SSSR count). The third kappa shape index (κ3) is 9.48. The van der Waals surface area contributed by atoms with Crippen molar-refractivity contribution in [2.24, 2.45) is 29.1 Å². The van der Waals surface area contributed by atoms with Gasteiger partial charge in [0.05, 0.1) is 0 Å². The molecular formula is C30H58. The Balaban J connectivity index is 3.10. The standard InChI is InChI=1S/C30H58/c1-7-13-18-26(10-4)23-29-21-16-17-22-30(29,24-27(11-5)19-14-8-2)25-28(12-6)20-15-9-3/h17,22,26-29H,7-16,18-21,23-25H2,1-6H3. The lowest BCUT2D eigenvalue weighted by Gasteiger charge is -2.46. The van der Waals surface area contributed by atoms with Crippen molar-refractivity contribution in [1.29, 1.82) is 0 Å². The van der Waals surface area contributed by atoms with Crippen LogP contribution in [0, 0.1) is 29.1 Å². The highest BCUT2D eigenvalue weighted by molar-refractivity contribution is 5.09. The van der Waals surface area contributed by atoms with Gasteiger partial charge in [0.15, 0.2) is 0 Å². The third-order valence-electron chi connectivity index (χ3n) is 8.53. The molecule has 0 saturated heterocycles. The number of unbranched alkanes of at least 4 members (excludes halogenated alkanes) is 3. The molecule has 30 heavy (non-hydrogen) atoms. The van der Waals surface area contributed by atoms with Crippen LogP contribution in [0.2, 0.25) is 0 Å². The molecule has 1 aliphatic carbocycles. The van der Waals surface area contributed by atoms with E-state index in [0.717, 1.165) is 23.7 Å². The molecule has 0 nitrogen and oxygen atoms in total. The summed E-state index contributed by atoms with van der Waals surface area (Å²) in [6.07, 6.45) is 29.4. The van der Waals surface area contributed by atoms with E-state index in [9.17, 15) is 0 Å². The maximum atomic E-state index is 2.77. The van der Waals surface area contributed by atoms with Crippen LogP contribution >= 0.6 is 0 Å². The number of rotatable bonds is 18. The summed E-state index contributed by atoms with van der Waals surface area (Å²) in [5.74, 6) is 3.73. The first-order valence-electron chi connectivity index (χ1n) is 14.3. The lowest BCUT2D eigenvalue weighted by molar-refractivity contribution is 0.0866. The molecule has 0 aromatic rings. The van der Waals surface area contributed by atoms with Gasteiger partial charge in [-0.1, -0.05) is 131 Å². The SMILES string of the molecule is CCCCC(CC)CC1CCC=CC1(CC(CC)CCCC)CC(CC)CCCC. The molecule has 0 saturated carbocycles. The van der Waals surface area contributed by atoms with Gasteiger partial charge in [0.25, 0.3) is 0 Å². The molecular weight excluding hydrogens is 360 g/mol. The molecule has 0 heterocycles. The van der Waals surface area contributed by atoms with Gasteiger partial charge in [-0.3, -0.25) is 0 Å². The van der Waals surface area contributed by atoms with Crippen molar-refractivity contribution in [3.8, 4) is 0 Å². The van der Waals surface area contributed by atoms with Gasteiger partial charge in [0.2, 0.25) is 0 Å². The Kier molecular flexibility index (Phi) is 15.2. The Hall–Kier alpha value is -0.260. The molecule has 0 fully saturated rings. The molecule has 0 amide bonds. The van der Waals surface area contributed by atoms with E-state index >= 15 is 0 Å². The number of hydrogen-bond acceptors (Lipinski definition) is 0. The molecule has 178 valence electrons. The maximum Gasteiger partial charge on any atom is -0.00845 e. The maximum absolute atomic E-state index is 2.77. The number of allylic oxidation sites excluding steroid dienone is 2. The Labute approximate surface area is 192 Å². The van der Waals surface area contributed by atoms with Gasteiger partial charge in [0.1, 0.15) is 0 Å².